The van der Waals surface area contributed by atoms with Crippen molar-refractivity contribution in [2.24, 2.45) is 0 Å². The third-order valence-corrected chi connectivity index (χ3v) is 2.79. The van der Waals surface area contributed by atoms with Gasteiger partial charge in [-0.15, -0.1) is 0 Å². The SMILES string of the molecule is CCCc1cc(NC(=O)c2cccn2CC(F)F)n[nH]1. The number of hydrogen-bond donors (Lipinski definition) is 2. The Morgan fingerprint density at radius 1 is 1.55 bits per heavy atom. The van der Waals surface area contributed by atoms with Crippen LogP contribution in [0.3, 0.4) is 0 Å². The maximum Gasteiger partial charge on any atom is 0.273 e. The molecule has 0 bridgehead atoms. The summed E-state index contributed by atoms with van der Waals surface area (Å²) in [6.07, 6.45) is 0.751. The second-order valence-electron chi connectivity index (χ2n) is 4.42. The smallest absolute Gasteiger partial charge is 0.273 e. The van der Waals surface area contributed by atoms with Crippen molar-refractivity contribution in [1.82, 2.24) is 14.8 Å². The molecular formula is C13H16F2N4O. The van der Waals surface area contributed by atoms with Crippen molar-refractivity contribution in [3.8, 4) is 0 Å². The van der Waals surface area contributed by atoms with Crippen LogP contribution in [0, 0.1) is 0 Å². The summed E-state index contributed by atoms with van der Waals surface area (Å²) in [7, 11) is 0. The predicted octanol–water partition coefficient (Wildman–Crippen LogP) is 2.68. The molecule has 0 saturated carbocycles. The van der Waals surface area contributed by atoms with Gasteiger partial charge in [-0.2, -0.15) is 5.10 Å². The molecule has 108 valence electrons. The molecule has 2 aromatic rings. The average molecular weight is 282 g/mol. The quantitative estimate of drug-likeness (QED) is 0.855. The minimum Gasteiger partial charge on any atom is -0.338 e. The van der Waals surface area contributed by atoms with Gasteiger partial charge in [0.25, 0.3) is 12.3 Å². The van der Waals surface area contributed by atoms with E-state index in [4.69, 9.17) is 0 Å². The fourth-order valence-electron chi connectivity index (χ4n) is 1.93. The lowest BCUT2D eigenvalue weighted by Crippen LogP contribution is -2.19. The summed E-state index contributed by atoms with van der Waals surface area (Å²) < 4.78 is 26.0. The van der Waals surface area contributed by atoms with Gasteiger partial charge in [0, 0.05) is 18.0 Å². The third kappa shape index (κ3) is 3.43. The number of hydrogen-bond acceptors (Lipinski definition) is 2. The highest BCUT2D eigenvalue weighted by Crippen LogP contribution is 2.11. The lowest BCUT2D eigenvalue weighted by molar-refractivity contribution is 0.0997. The molecule has 0 aliphatic rings. The second-order valence-corrected chi connectivity index (χ2v) is 4.42. The van der Waals surface area contributed by atoms with Gasteiger partial charge in [-0.1, -0.05) is 13.3 Å². The van der Waals surface area contributed by atoms with Gasteiger partial charge in [-0.25, -0.2) is 8.78 Å². The largest absolute Gasteiger partial charge is 0.338 e. The van der Waals surface area contributed by atoms with Gasteiger partial charge in [0.15, 0.2) is 5.82 Å². The van der Waals surface area contributed by atoms with E-state index in [1.807, 2.05) is 6.92 Å². The fourth-order valence-corrected chi connectivity index (χ4v) is 1.93. The number of aromatic nitrogens is 3. The van der Waals surface area contributed by atoms with Crippen LogP contribution in [0.5, 0.6) is 0 Å². The molecule has 0 fully saturated rings. The summed E-state index contributed by atoms with van der Waals surface area (Å²) in [6.45, 7) is 1.54. The van der Waals surface area contributed by atoms with E-state index in [9.17, 15) is 13.6 Å². The van der Waals surface area contributed by atoms with Crippen molar-refractivity contribution in [2.75, 3.05) is 5.32 Å². The molecule has 0 aliphatic carbocycles. The Kier molecular flexibility index (Phi) is 4.49. The van der Waals surface area contributed by atoms with E-state index in [1.165, 1.54) is 16.8 Å². The molecular weight excluding hydrogens is 266 g/mol. The number of anilines is 1. The van der Waals surface area contributed by atoms with Gasteiger partial charge < -0.3 is 9.88 Å². The normalized spacial score (nSPS) is 11.0. The molecule has 0 aromatic carbocycles. The van der Waals surface area contributed by atoms with E-state index < -0.39 is 18.9 Å². The highest BCUT2D eigenvalue weighted by Gasteiger charge is 2.15. The summed E-state index contributed by atoms with van der Waals surface area (Å²) in [5.41, 5.74) is 1.11. The van der Waals surface area contributed by atoms with Gasteiger partial charge in [-0.05, 0) is 18.6 Å². The molecule has 1 amide bonds. The third-order valence-electron chi connectivity index (χ3n) is 2.79. The Hall–Kier alpha value is -2.18. The lowest BCUT2D eigenvalue weighted by atomic mass is 10.2. The van der Waals surface area contributed by atoms with E-state index in [2.05, 4.69) is 15.5 Å². The zero-order valence-electron chi connectivity index (χ0n) is 11.1. The predicted molar refractivity (Wildman–Crippen MR) is 71.0 cm³/mol. The van der Waals surface area contributed by atoms with Gasteiger partial charge in [0.05, 0.1) is 6.54 Å². The number of nitrogens with zero attached hydrogens (tertiary/aromatic N) is 2. The zero-order valence-corrected chi connectivity index (χ0v) is 11.1. The number of amides is 1. The van der Waals surface area contributed by atoms with Gasteiger partial charge in [0.1, 0.15) is 5.69 Å². The van der Waals surface area contributed by atoms with Gasteiger partial charge >= 0.3 is 0 Å². The summed E-state index contributed by atoms with van der Waals surface area (Å²) >= 11 is 0. The van der Waals surface area contributed by atoms with Crippen LogP contribution in [0.1, 0.15) is 29.5 Å². The number of aromatic amines is 1. The van der Waals surface area contributed by atoms with Crippen molar-refractivity contribution in [1.29, 1.82) is 0 Å². The number of halogens is 2. The summed E-state index contributed by atoms with van der Waals surface area (Å²) in [6, 6.07) is 4.80. The highest BCUT2D eigenvalue weighted by molar-refractivity contribution is 6.02. The summed E-state index contributed by atoms with van der Waals surface area (Å²) in [4.78, 5) is 12.0. The van der Waals surface area contributed by atoms with Crippen LogP contribution in [0.4, 0.5) is 14.6 Å². The topological polar surface area (TPSA) is 62.7 Å². The van der Waals surface area contributed by atoms with Crippen molar-refractivity contribution in [3.05, 3.63) is 35.8 Å². The lowest BCUT2D eigenvalue weighted by Gasteiger charge is -2.07. The summed E-state index contributed by atoms with van der Waals surface area (Å²) in [5, 5.41) is 9.36. The monoisotopic (exact) mass is 282 g/mol. The molecule has 0 spiro atoms. The van der Waals surface area contributed by atoms with Crippen LogP contribution in [0.2, 0.25) is 0 Å². The van der Waals surface area contributed by atoms with E-state index in [0.717, 1.165) is 18.5 Å². The Labute approximate surface area is 115 Å². The van der Waals surface area contributed by atoms with Crippen molar-refractivity contribution in [3.63, 3.8) is 0 Å². The number of nitrogens with one attached hydrogen (secondary N) is 2. The second kappa shape index (κ2) is 6.31. The summed E-state index contributed by atoms with van der Waals surface area (Å²) in [5.74, 6) is -0.0616. The van der Waals surface area contributed by atoms with E-state index in [1.54, 1.807) is 12.1 Å². The van der Waals surface area contributed by atoms with Crippen LogP contribution in [0.15, 0.2) is 24.4 Å². The number of rotatable bonds is 6. The Morgan fingerprint density at radius 3 is 3.05 bits per heavy atom. The minimum absolute atomic E-state index is 0.186. The molecule has 0 radical (unpaired) electrons. The molecule has 0 aliphatic heterocycles. The Morgan fingerprint density at radius 2 is 2.35 bits per heavy atom. The highest BCUT2D eigenvalue weighted by atomic mass is 19.3. The zero-order chi connectivity index (χ0) is 14.5. The van der Waals surface area contributed by atoms with Crippen LogP contribution >= 0.6 is 0 Å². The van der Waals surface area contributed by atoms with E-state index >= 15 is 0 Å². The van der Waals surface area contributed by atoms with Crippen molar-refractivity contribution in [2.45, 2.75) is 32.7 Å². The average Bonchev–Trinajstić information content (AvgIpc) is 2.98. The van der Waals surface area contributed by atoms with Crippen LogP contribution in [0.25, 0.3) is 0 Å². The van der Waals surface area contributed by atoms with Crippen molar-refractivity contribution < 1.29 is 13.6 Å². The molecule has 0 saturated heterocycles. The van der Waals surface area contributed by atoms with E-state index in [0.29, 0.717) is 5.82 Å². The number of carbonyl (C=O) groups is 1. The first-order valence-electron chi connectivity index (χ1n) is 6.39. The molecule has 7 heteroatoms. The van der Waals surface area contributed by atoms with Crippen LogP contribution in [-0.4, -0.2) is 27.1 Å². The first-order valence-corrected chi connectivity index (χ1v) is 6.39. The minimum atomic E-state index is -2.50. The molecule has 0 unspecified atom stereocenters. The fraction of sp³-hybridized carbons (Fsp3) is 0.385. The first kappa shape index (κ1) is 14.2. The molecule has 2 N–H and O–H groups in total. The molecule has 0 atom stereocenters. The number of H-pyrrole nitrogens is 1. The maximum atomic E-state index is 12.4. The Balaban J connectivity index is 2.05. The number of alkyl halides is 2. The Bertz CT molecular complexity index is 576. The molecule has 5 nitrogen and oxygen atoms in total. The molecule has 2 aromatic heterocycles. The van der Waals surface area contributed by atoms with E-state index in [-0.39, 0.29) is 5.69 Å². The molecule has 2 rings (SSSR count). The maximum absolute atomic E-state index is 12.4. The standard InChI is InChI=1S/C13H16F2N4O/c1-2-4-9-7-12(18-17-9)16-13(20)10-5-3-6-19(10)8-11(14)15/h3,5-7,11H,2,4,8H2,1H3,(H2,16,17,18,20). The van der Waals surface area contributed by atoms with Gasteiger partial charge in [0.2, 0.25) is 0 Å². The van der Waals surface area contributed by atoms with Crippen LogP contribution in [-0.2, 0) is 13.0 Å². The number of aryl methyl sites for hydroxylation is 1. The number of carbonyl (C=O) groups excluding carboxylic acids is 1. The molecule has 20 heavy (non-hydrogen) atoms. The van der Waals surface area contributed by atoms with Crippen LogP contribution < -0.4 is 5.32 Å². The first-order chi connectivity index (χ1) is 9.60. The van der Waals surface area contributed by atoms with Gasteiger partial charge in [-0.3, -0.25) is 9.89 Å². The van der Waals surface area contributed by atoms with Crippen molar-refractivity contribution >= 4 is 11.7 Å². The molecule has 2 heterocycles.